The van der Waals surface area contributed by atoms with E-state index >= 15 is 0 Å². The van der Waals surface area contributed by atoms with Gasteiger partial charge in [-0.1, -0.05) is 30.3 Å². The van der Waals surface area contributed by atoms with E-state index in [1.165, 1.54) is 12.1 Å². The summed E-state index contributed by atoms with van der Waals surface area (Å²) in [4.78, 5) is 25.4. The molecule has 1 aliphatic heterocycles. The van der Waals surface area contributed by atoms with Gasteiger partial charge in [0.1, 0.15) is 5.69 Å². The number of amides is 1. The van der Waals surface area contributed by atoms with Crippen molar-refractivity contribution in [2.24, 2.45) is 0 Å². The van der Waals surface area contributed by atoms with Gasteiger partial charge in [-0.3, -0.25) is 9.59 Å². The second kappa shape index (κ2) is 6.53. The van der Waals surface area contributed by atoms with Crippen LogP contribution in [0.25, 0.3) is 0 Å². The number of carbonyl (C=O) groups is 1. The van der Waals surface area contributed by atoms with Crippen LogP contribution in [0.4, 0.5) is 0 Å². The molecule has 1 aliphatic rings. The summed E-state index contributed by atoms with van der Waals surface area (Å²) in [5.74, 6) is -0.180. The zero-order valence-electron chi connectivity index (χ0n) is 12.1. The van der Waals surface area contributed by atoms with E-state index in [1.807, 2.05) is 30.3 Å². The van der Waals surface area contributed by atoms with E-state index in [0.29, 0.717) is 19.8 Å². The van der Waals surface area contributed by atoms with Gasteiger partial charge < -0.3 is 9.64 Å². The molecule has 0 radical (unpaired) electrons. The van der Waals surface area contributed by atoms with Crippen molar-refractivity contribution in [2.75, 3.05) is 19.8 Å². The van der Waals surface area contributed by atoms with Crippen LogP contribution in [-0.2, 0) is 11.2 Å². The predicted octanol–water partition coefficient (Wildman–Crippen LogP) is 0.854. The van der Waals surface area contributed by atoms with Gasteiger partial charge in [0.05, 0.1) is 19.3 Å². The fraction of sp³-hybridized carbons (Fsp3) is 0.312. The van der Waals surface area contributed by atoms with E-state index in [-0.39, 0.29) is 23.2 Å². The Morgan fingerprint density at radius 1 is 1.27 bits per heavy atom. The number of aromatic amines is 1. The maximum absolute atomic E-state index is 12.6. The van der Waals surface area contributed by atoms with E-state index in [9.17, 15) is 9.59 Å². The van der Waals surface area contributed by atoms with Gasteiger partial charge in [-0.25, -0.2) is 5.10 Å². The number of aromatic nitrogens is 2. The number of benzene rings is 1. The summed E-state index contributed by atoms with van der Waals surface area (Å²) in [7, 11) is 0. The minimum absolute atomic E-state index is 0.0302. The van der Waals surface area contributed by atoms with Crippen LogP contribution in [0.2, 0.25) is 0 Å². The monoisotopic (exact) mass is 299 g/mol. The van der Waals surface area contributed by atoms with Crippen molar-refractivity contribution >= 4 is 5.91 Å². The number of rotatable bonds is 3. The highest BCUT2D eigenvalue weighted by Gasteiger charge is 2.29. The van der Waals surface area contributed by atoms with Gasteiger partial charge in [0.15, 0.2) is 0 Å². The molecule has 1 unspecified atom stereocenters. The van der Waals surface area contributed by atoms with Crippen LogP contribution in [0.5, 0.6) is 0 Å². The van der Waals surface area contributed by atoms with Gasteiger partial charge in [-0.15, -0.1) is 0 Å². The number of morpholine rings is 1. The average Bonchev–Trinajstić information content (AvgIpc) is 2.56. The molecule has 0 spiro atoms. The Labute approximate surface area is 127 Å². The van der Waals surface area contributed by atoms with Crippen LogP contribution < -0.4 is 5.56 Å². The minimum Gasteiger partial charge on any atom is -0.377 e. The van der Waals surface area contributed by atoms with Gasteiger partial charge in [0, 0.05) is 12.6 Å². The number of H-pyrrole nitrogens is 1. The van der Waals surface area contributed by atoms with Gasteiger partial charge in [0.25, 0.3) is 11.5 Å². The zero-order chi connectivity index (χ0) is 15.4. The lowest BCUT2D eigenvalue weighted by Crippen LogP contribution is -2.50. The summed E-state index contributed by atoms with van der Waals surface area (Å²) in [6, 6.07) is 12.7. The molecule has 6 nitrogen and oxygen atoms in total. The lowest BCUT2D eigenvalue weighted by Gasteiger charge is -2.35. The Balaban J connectivity index is 1.78. The zero-order valence-corrected chi connectivity index (χ0v) is 12.1. The molecule has 1 aromatic heterocycles. The number of nitrogens with one attached hydrogen (secondary N) is 1. The highest BCUT2D eigenvalue weighted by Crippen LogP contribution is 2.15. The van der Waals surface area contributed by atoms with Crippen molar-refractivity contribution in [3.05, 3.63) is 64.1 Å². The van der Waals surface area contributed by atoms with Crippen LogP contribution in [-0.4, -0.2) is 46.8 Å². The molecule has 114 valence electrons. The fourth-order valence-corrected chi connectivity index (χ4v) is 2.59. The van der Waals surface area contributed by atoms with E-state index in [4.69, 9.17) is 4.74 Å². The van der Waals surface area contributed by atoms with E-state index in [0.717, 1.165) is 12.0 Å². The molecule has 6 heteroatoms. The summed E-state index contributed by atoms with van der Waals surface area (Å²) in [5, 5.41) is 6.13. The van der Waals surface area contributed by atoms with Gasteiger partial charge in [-0.2, -0.15) is 5.10 Å². The molecule has 0 saturated carbocycles. The molecular weight excluding hydrogens is 282 g/mol. The Kier molecular flexibility index (Phi) is 4.29. The van der Waals surface area contributed by atoms with Gasteiger partial charge in [0.2, 0.25) is 0 Å². The van der Waals surface area contributed by atoms with Crippen LogP contribution in [0.3, 0.4) is 0 Å². The molecule has 2 aromatic rings. The molecule has 3 rings (SSSR count). The van der Waals surface area contributed by atoms with Crippen molar-refractivity contribution in [2.45, 2.75) is 12.5 Å². The normalized spacial score (nSPS) is 18.2. The number of hydrogen-bond donors (Lipinski definition) is 1. The topological polar surface area (TPSA) is 75.3 Å². The third-order valence-corrected chi connectivity index (χ3v) is 3.70. The van der Waals surface area contributed by atoms with Crippen molar-refractivity contribution in [1.29, 1.82) is 0 Å². The fourth-order valence-electron chi connectivity index (χ4n) is 2.59. The molecule has 2 heterocycles. The van der Waals surface area contributed by atoms with Gasteiger partial charge >= 0.3 is 0 Å². The molecule has 1 aromatic carbocycles. The maximum Gasteiger partial charge on any atom is 0.274 e. The third-order valence-electron chi connectivity index (χ3n) is 3.70. The smallest absolute Gasteiger partial charge is 0.274 e. The van der Waals surface area contributed by atoms with Gasteiger partial charge in [-0.05, 0) is 18.1 Å². The molecule has 0 aliphatic carbocycles. The minimum atomic E-state index is -0.320. The summed E-state index contributed by atoms with van der Waals surface area (Å²) >= 11 is 0. The second-order valence-electron chi connectivity index (χ2n) is 5.22. The van der Waals surface area contributed by atoms with Crippen LogP contribution in [0, 0.1) is 0 Å². The number of carbonyl (C=O) groups excluding carboxylic acids is 1. The highest BCUT2D eigenvalue weighted by molar-refractivity contribution is 5.92. The summed E-state index contributed by atoms with van der Waals surface area (Å²) < 4.78 is 5.52. The first-order chi connectivity index (χ1) is 10.7. The first-order valence-corrected chi connectivity index (χ1v) is 7.22. The number of ether oxygens (including phenoxy) is 1. The standard InChI is InChI=1S/C16H17N3O3/c20-15-7-6-14(17-18-15)16(21)19-8-9-22-11-13(19)10-12-4-2-1-3-5-12/h1-7,13H,8-11H2,(H,18,20). The summed E-state index contributed by atoms with van der Waals surface area (Å²) in [5.41, 5.74) is 1.09. The van der Waals surface area contributed by atoms with E-state index in [2.05, 4.69) is 10.2 Å². The highest BCUT2D eigenvalue weighted by atomic mass is 16.5. The van der Waals surface area contributed by atoms with Crippen molar-refractivity contribution in [3.8, 4) is 0 Å². The van der Waals surface area contributed by atoms with Crippen LogP contribution >= 0.6 is 0 Å². The molecule has 1 amide bonds. The largest absolute Gasteiger partial charge is 0.377 e. The molecule has 22 heavy (non-hydrogen) atoms. The first-order valence-electron chi connectivity index (χ1n) is 7.22. The molecule has 1 saturated heterocycles. The van der Waals surface area contributed by atoms with Crippen molar-refractivity contribution in [1.82, 2.24) is 15.1 Å². The molecule has 1 atom stereocenters. The summed E-state index contributed by atoms with van der Waals surface area (Å²) in [6.45, 7) is 1.54. The first kappa shape index (κ1) is 14.5. The van der Waals surface area contributed by atoms with Crippen LogP contribution in [0.1, 0.15) is 16.1 Å². The molecule has 1 N–H and O–H groups in total. The van der Waals surface area contributed by atoms with E-state index in [1.54, 1.807) is 4.90 Å². The maximum atomic E-state index is 12.6. The Bertz CT molecular complexity index is 679. The number of nitrogens with zero attached hydrogens (tertiary/aromatic N) is 2. The van der Waals surface area contributed by atoms with Crippen LogP contribution in [0.15, 0.2) is 47.3 Å². The predicted molar refractivity (Wildman–Crippen MR) is 80.6 cm³/mol. The summed E-state index contributed by atoms with van der Waals surface area (Å²) in [6.07, 6.45) is 0.732. The SMILES string of the molecule is O=C(c1ccc(=O)[nH]n1)N1CCOCC1Cc1ccccc1. The Morgan fingerprint density at radius 2 is 2.09 bits per heavy atom. The lowest BCUT2D eigenvalue weighted by atomic mass is 10.0. The van der Waals surface area contributed by atoms with Crippen molar-refractivity contribution in [3.63, 3.8) is 0 Å². The number of hydrogen-bond acceptors (Lipinski definition) is 4. The molecular formula is C16H17N3O3. The average molecular weight is 299 g/mol. The van der Waals surface area contributed by atoms with E-state index < -0.39 is 0 Å². The molecule has 1 fully saturated rings. The third kappa shape index (κ3) is 3.23. The van der Waals surface area contributed by atoms with Crippen molar-refractivity contribution < 1.29 is 9.53 Å². The lowest BCUT2D eigenvalue weighted by molar-refractivity contribution is -0.00201. The Morgan fingerprint density at radius 3 is 2.82 bits per heavy atom. The Hall–Kier alpha value is -2.47. The molecule has 0 bridgehead atoms. The second-order valence-corrected chi connectivity index (χ2v) is 5.22. The quantitative estimate of drug-likeness (QED) is 0.912.